The first kappa shape index (κ1) is 13.6. The van der Waals surface area contributed by atoms with Gasteiger partial charge in [0.15, 0.2) is 0 Å². The van der Waals surface area contributed by atoms with Gasteiger partial charge >= 0.3 is 0 Å². The highest BCUT2D eigenvalue weighted by atomic mass is 35.5. The summed E-state index contributed by atoms with van der Waals surface area (Å²) >= 11 is 7.53. The lowest BCUT2D eigenvalue weighted by Gasteiger charge is -2.06. The Bertz CT molecular complexity index is 516. The molecule has 2 aromatic heterocycles. The minimum atomic E-state index is 0.490. The summed E-state index contributed by atoms with van der Waals surface area (Å²) in [7, 11) is 0. The van der Waals surface area contributed by atoms with Crippen molar-refractivity contribution in [3.8, 4) is 0 Å². The van der Waals surface area contributed by atoms with Crippen molar-refractivity contribution in [2.45, 2.75) is 39.9 Å². The lowest BCUT2D eigenvalue weighted by Crippen LogP contribution is -2.21. The summed E-state index contributed by atoms with van der Waals surface area (Å²) in [5.74, 6) is 0. The van der Waals surface area contributed by atoms with Crippen LogP contribution in [0.3, 0.4) is 0 Å². The van der Waals surface area contributed by atoms with Crippen molar-refractivity contribution in [3.63, 3.8) is 0 Å². The third kappa shape index (κ3) is 3.57. The largest absolute Gasteiger partial charge is 0.310 e. The molecule has 0 saturated heterocycles. The van der Waals surface area contributed by atoms with Gasteiger partial charge in [0, 0.05) is 29.2 Å². The summed E-state index contributed by atoms with van der Waals surface area (Å²) < 4.78 is 2.81. The highest BCUT2D eigenvalue weighted by Gasteiger charge is 2.06. The van der Waals surface area contributed by atoms with Crippen molar-refractivity contribution in [3.05, 3.63) is 38.8 Å². The molecule has 0 saturated carbocycles. The van der Waals surface area contributed by atoms with E-state index in [-0.39, 0.29) is 0 Å². The predicted octanol–water partition coefficient (Wildman–Crippen LogP) is 3.45. The van der Waals surface area contributed by atoms with Gasteiger partial charge in [-0.2, -0.15) is 5.10 Å². The monoisotopic (exact) mass is 283 g/mol. The van der Waals surface area contributed by atoms with Crippen molar-refractivity contribution in [2.24, 2.45) is 0 Å². The van der Waals surface area contributed by atoms with Crippen LogP contribution in [-0.2, 0) is 13.1 Å². The molecule has 0 unspecified atom stereocenters. The fourth-order valence-corrected chi connectivity index (χ4v) is 2.80. The fourth-order valence-electron chi connectivity index (χ4n) is 1.72. The summed E-state index contributed by atoms with van der Waals surface area (Å²) in [4.78, 5) is 1.23. The van der Waals surface area contributed by atoms with Crippen LogP contribution in [0.1, 0.15) is 30.0 Å². The first-order valence-corrected chi connectivity index (χ1v) is 7.24. The Kier molecular flexibility index (Phi) is 4.43. The topological polar surface area (TPSA) is 29.9 Å². The lowest BCUT2D eigenvalue weighted by atomic mass is 10.2. The molecule has 18 heavy (non-hydrogen) atoms. The Balaban J connectivity index is 2.04. The normalized spacial score (nSPS) is 11.4. The Hall–Kier alpha value is -0.840. The van der Waals surface area contributed by atoms with Gasteiger partial charge in [-0.05, 0) is 19.1 Å². The minimum Gasteiger partial charge on any atom is -0.310 e. The molecule has 1 N–H and O–H groups in total. The summed E-state index contributed by atoms with van der Waals surface area (Å²) in [6.07, 6.45) is 2.11. The van der Waals surface area contributed by atoms with Gasteiger partial charge in [0.1, 0.15) is 0 Å². The maximum Gasteiger partial charge on any atom is 0.0931 e. The highest BCUT2D eigenvalue weighted by molar-refractivity contribution is 7.16. The lowest BCUT2D eigenvalue weighted by molar-refractivity contribution is 0.587. The number of aromatic nitrogens is 2. The molecular weight excluding hydrogens is 266 g/mol. The minimum absolute atomic E-state index is 0.490. The van der Waals surface area contributed by atoms with Gasteiger partial charge in [-0.1, -0.05) is 25.4 Å². The zero-order chi connectivity index (χ0) is 13.1. The third-order valence-electron chi connectivity index (χ3n) is 2.70. The number of nitrogens with one attached hydrogen (secondary N) is 1. The Morgan fingerprint density at radius 2 is 2.22 bits per heavy atom. The Morgan fingerprint density at radius 3 is 2.83 bits per heavy atom. The highest BCUT2D eigenvalue weighted by Crippen LogP contribution is 2.22. The van der Waals surface area contributed by atoms with E-state index < -0.39 is 0 Å². The molecular formula is C13H18ClN3S. The van der Waals surface area contributed by atoms with Gasteiger partial charge in [-0.3, -0.25) is 4.68 Å². The number of aryl methyl sites for hydroxylation is 1. The molecule has 0 bridgehead atoms. The number of thiophene rings is 1. The zero-order valence-electron chi connectivity index (χ0n) is 10.9. The molecule has 0 aliphatic carbocycles. The SMILES string of the molecule is Cc1nn(Cc2ccc(Cl)s2)cc1CNC(C)C. The van der Waals surface area contributed by atoms with E-state index in [2.05, 4.69) is 43.4 Å². The summed E-state index contributed by atoms with van der Waals surface area (Å²) in [5.41, 5.74) is 2.34. The zero-order valence-corrected chi connectivity index (χ0v) is 12.5. The molecule has 0 aliphatic heterocycles. The van der Waals surface area contributed by atoms with Crippen LogP contribution in [0, 0.1) is 6.92 Å². The van der Waals surface area contributed by atoms with E-state index >= 15 is 0 Å². The number of halogens is 1. The van der Waals surface area contributed by atoms with E-state index in [1.807, 2.05) is 10.7 Å². The maximum absolute atomic E-state index is 5.93. The molecule has 0 aromatic carbocycles. The molecule has 0 amide bonds. The molecule has 98 valence electrons. The predicted molar refractivity (Wildman–Crippen MR) is 77.4 cm³/mol. The second-order valence-electron chi connectivity index (χ2n) is 4.68. The van der Waals surface area contributed by atoms with Crippen LogP contribution in [0.5, 0.6) is 0 Å². The van der Waals surface area contributed by atoms with Crippen LogP contribution >= 0.6 is 22.9 Å². The Morgan fingerprint density at radius 1 is 1.44 bits per heavy atom. The second kappa shape index (κ2) is 5.87. The molecule has 5 heteroatoms. The average molecular weight is 284 g/mol. The van der Waals surface area contributed by atoms with Crippen LogP contribution in [0.4, 0.5) is 0 Å². The smallest absolute Gasteiger partial charge is 0.0931 e. The number of hydrogen-bond donors (Lipinski definition) is 1. The van der Waals surface area contributed by atoms with E-state index in [0.717, 1.165) is 23.1 Å². The van der Waals surface area contributed by atoms with Crippen LogP contribution in [-0.4, -0.2) is 15.8 Å². The van der Waals surface area contributed by atoms with Gasteiger partial charge in [0.25, 0.3) is 0 Å². The van der Waals surface area contributed by atoms with Gasteiger partial charge in [-0.25, -0.2) is 0 Å². The summed E-state index contributed by atoms with van der Waals surface area (Å²) in [6, 6.07) is 4.47. The molecule has 0 fully saturated rings. The average Bonchev–Trinajstić information content (AvgIpc) is 2.83. The van der Waals surface area contributed by atoms with Gasteiger partial charge in [0.2, 0.25) is 0 Å². The molecule has 3 nitrogen and oxygen atoms in total. The van der Waals surface area contributed by atoms with Crippen LogP contribution < -0.4 is 5.32 Å². The molecule has 2 rings (SSSR count). The van der Waals surface area contributed by atoms with Gasteiger partial charge in [-0.15, -0.1) is 11.3 Å². The van der Waals surface area contributed by atoms with Crippen LogP contribution in [0.15, 0.2) is 18.3 Å². The number of rotatable bonds is 5. The van der Waals surface area contributed by atoms with Crippen LogP contribution in [0.2, 0.25) is 4.34 Å². The van der Waals surface area contributed by atoms with Crippen molar-refractivity contribution < 1.29 is 0 Å². The van der Waals surface area contributed by atoms with E-state index in [0.29, 0.717) is 6.04 Å². The third-order valence-corrected chi connectivity index (χ3v) is 3.91. The fraction of sp³-hybridized carbons (Fsp3) is 0.462. The van der Waals surface area contributed by atoms with Crippen molar-refractivity contribution in [1.82, 2.24) is 15.1 Å². The number of nitrogens with zero attached hydrogens (tertiary/aromatic N) is 2. The molecule has 2 aromatic rings. The molecule has 2 heterocycles. The van der Waals surface area contributed by atoms with Gasteiger partial charge < -0.3 is 5.32 Å². The van der Waals surface area contributed by atoms with Gasteiger partial charge in [0.05, 0.1) is 16.6 Å². The van der Waals surface area contributed by atoms with Crippen molar-refractivity contribution >= 4 is 22.9 Å². The van der Waals surface area contributed by atoms with Crippen LogP contribution in [0.25, 0.3) is 0 Å². The van der Waals surface area contributed by atoms with E-state index in [4.69, 9.17) is 11.6 Å². The first-order valence-electron chi connectivity index (χ1n) is 6.05. The second-order valence-corrected chi connectivity index (χ2v) is 6.48. The van der Waals surface area contributed by atoms with E-state index in [1.54, 1.807) is 11.3 Å². The Labute approximate surface area is 117 Å². The molecule has 0 atom stereocenters. The summed E-state index contributed by atoms with van der Waals surface area (Å²) in [6.45, 7) is 8.00. The van der Waals surface area contributed by atoms with Crippen molar-refractivity contribution in [2.75, 3.05) is 0 Å². The van der Waals surface area contributed by atoms with E-state index in [1.165, 1.54) is 10.4 Å². The van der Waals surface area contributed by atoms with E-state index in [9.17, 15) is 0 Å². The molecule has 0 spiro atoms. The molecule has 0 radical (unpaired) electrons. The maximum atomic E-state index is 5.93. The number of hydrogen-bond acceptors (Lipinski definition) is 3. The quantitative estimate of drug-likeness (QED) is 0.911. The summed E-state index contributed by atoms with van der Waals surface area (Å²) in [5, 5.41) is 7.95. The van der Waals surface area contributed by atoms with Crippen molar-refractivity contribution in [1.29, 1.82) is 0 Å². The first-order chi connectivity index (χ1) is 8.54. The molecule has 0 aliphatic rings. The standard InChI is InChI=1S/C13H18ClN3S/c1-9(2)15-6-11-7-17(16-10(11)3)8-12-4-5-13(14)18-12/h4-5,7,9,15H,6,8H2,1-3H3.